The second kappa shape index (κ2) is 7.36. The van der Waals surface area contributed by atoms with Gasteiger partial charge in [0.2, 0.25) is 0 Å². The monoisotopic (exact) mass is 305 g/mol. The van der Waals surface area contributed by atoms with Crippen molar-refractivity contribution in [2.75, 3.05) is 18.5 Å². The van der Waals surface area contributed by atoms with Crippen molar-refractivity contribution in [2.24, 2.45) is 0 Å². The predicted molar refractivity (Wildman–Crippen MR) is 89.9 cm³/mol. The van der Waals surface area contributed by atoms with E-state index in [1.165, 1.54) is 10.4 Å². The molecule has 0 saturated carbocycles. The Labute approximate surface area is 130 Å². The molecule has 114 valence electrons. The lowest BCUT2D eigenvalue weighted by Gasteiger charge is -2.19. The molecule has 1 heterocycles. The van der Waals surface area contributed by atoms with E-state index >= 15 is 0 Å². The number of nitrogens with one attached hydrogen (secondary N) is 1. The van der Waals surface area contributed by atoms with Crippen LogP contribution in [0.4, 0.5) is 5.69 Å². The van der Waals surface area contributed by atoms with Gasteiger partial charge in [-0.3, -0.25) is 0 Å². The first-order valence-corrected chi connectivity index (χ1v) is 8.23. The van der Waals surface area contributed by atoms with Gasteiger partial charge >= 0.3 is 0 Å². The molecule has 4 heteroatoms. The Morgan fingerprint density at radius 1 is 1.14 bits per heavy atom. The molecule has 1 aromatic carbocycles. The Hall–Kier alpha value is -1.68. The Balaban J connectivity index is 2.23. The molecule has 1 aromatic heterocycles. The zero-order valence-electron chi connectivity index (χ0n) is 13.1. The maximum atomic E-state index is 5.70. The van der Waals surface area contributed by atoms with E-state index in [4.69, 9.17) is 9.47 Å². The fourth-order valence-corrected chi connectivity index (χ4v) is 3.22. The lowest BCUT2D eigenvalue weighted by molar-refractivity contribution is 0.331. The molecule has 1 unspecified atom stereocenters. The van der Waals surface area contributed by atoms with Crippen LogP contribution < -0.4 is 14.8 Å². The van der Waals surface area contributed by atoms with Gasteiger partial charge in [0, 0.05) is 10.9 Å². The van der Waals surface area contributed by atoms with Gasteiger partial charge in [0.1, 0.15) is 11.5 Å². The minimum atomic E-state index is 0.237. The summed E-state index contributed by atoms with van der Waals surface area (Å²) < 4.78 is 11.3. The summed E-state index contributed by atoms with van der Waals surface area (Å²) in [5.41, 5.74) is 2.29. The Bertz CT molecular complexity index is 580. The summed E-state index contributed by atoms with van der Waals surface area (Å²) in [5.74, 6) is 1.72. The van der Waals surface area contributed by atoms with Gasteiger partial charge in [0.25, 0.3) is 0 Å². The first-order chi connectivity index (χ1) is 10.2. The molecule has 0 aliphatic rings. The summed E-state index contributed by atoms with van der Waals surface area (Å²) in [6.07, 6.45) is 0. The molecule has 0 radical (unpaired) electrons. The van der Waals surface area contributed by atoms with Crippen molar-refractivity contribution < 1.29 is 9.47 Å². The van der Waals surface area contributed by atoms with Crippen LogP contribution in [-0.4, -0.2) is 13.2 Å². The number of hydrogen-bond donors (Lipinski definition) is 1. The van der Waals surface area contributed by atoms with Crippen molar-refractivity contribution >= 4 is 17.0 Å². The highest BCUT2D eigenvalue weighted by Gasteiger charge is 2.13. The first kappa shape index (κ1) is 15.7. The molecule has 3 nitrogen and oxygen atoms in total. The number of aryl methyl sites for hydroxylation is 1. The normalized spacial score (nSPS) is 12.0. The zero-order chi connectivity index (χ0) is 15.2. The number of benzene rings is 1. The van der Waals surface area contributed by atoms with Crippen LogP contribution in [0.2, 0.25) is 0 Å². The van der Waals surface area contributed by atoms with Crippen molar-refractivity contribution in [3.05, 3.63) is 40.1 Å². The van der Waals surface area contributed by atoms with E-state index in [1.54, 1.807) is 11.3 Å². The van der Waals surface area contributed by atoms with Gasteiger partial charge in [-0.05, 0) is 56.8 Å². The van der Waals surface area contributed by atoms with E-state index in [-0.39, 0.29) is 6.04 Å². The molecule has 0 spiro atoms. The molecule has 0 amide bonds. The summed E-state index contributed by atoms with van der Waals surface area (Å²) >= 11 is 1.78. The smallest absolute Gasteiger partial charge is 0.142 e. The average molecular weight is 305 g/mol. The van der Waals surface area contributed by atoms with Crippen molar-refractivity contribution in [1.82, 2.24) is 0 Å². The van der Waals surface area contributed by atoms with E-state index in [9.17, 15) is 0 Å². The van der Waals surface area contributed by atoms with Gasteiger partial charge in [-0.15, -0.1) is 11.3 Å². The Kier molecular flexibility index (Phi) is 5.51. The van der Waals surface area contributed by atoms with E-state index < -0.39 is 0 Å². The van der Waals surface area contributed by atoms with Gasteiger partial charge in [-0.1, -0.05) is 0 Å². The summed E-state index contributed by atoms with van der Waals surface area (Å²) in [5, 5.41) is 5.67. The van der Waals surface area contributed by atoms with Gasteiger partial charge in [-0.25, -0.2) is 0 Å². The highest BCUT2D eigenvalue weighted by atomic mass is 32.1. The molecular formula is C17H23NO2S. The van der Waals surface area contributed by atoms with Gasteiger partial charge < -0.3 is 14.8 Å². The Morgan fingerprint density at radius 2 is 1.90 bits per heavy atom. The highest BCUT2D eigenvalue weighted by molar-refractivity contribution is 7.10. The van der Waals surface area contributed by atoms with Crippen LogP contribution in [0.5, 0.6) is 11.5 Å². The van der Waals surface area contributed by atoms with Crippen molar-refractivity contribution in [3.63, 3.8) is 0 Å². The van der Waals surface area contributed by atoms with E-state index in [0.717, 1.165) is 17.2 Å². The van der Waals surface area contributed by atoms with E-state index in [1.807, 2.05) is 32.0 Å². The molecule has 21 heavy (non-hydrogen) atoms. The topological polar surface area (TPSA) is 30.5 Å². The van der Waals surface area contributed by atoms with Gasteiger partial charge in [0.15, 0.2) is 0 Å². The lowest BCUT2D eigenvalue weighted by Crippen LogP contribution is -2.08. The third-order valence-electron chi connectivity index (χ3n) is 3.23. The molecule has 0 aliphatic heterocycles. The van der Waals surface area contributed by atoms with Gasteiger partial charge in [0.05, 0.1) is 24.9 Å². The molecule has 0 aliphatic carbocycles. The maximum Gasteiger partial charge on any atom is 0.142 e. The van der Waals surface area contributed by atoms with Crippen molar-refractivity contribution in [3.8, 4) is 11.5 Å². The van der Waals surface area contributed by atoms with Crippen LogP contribution in [0.15, 0.2) is 29.6 Å². The number of anilines is 1. The molecule has 1 N–H and O–H groups in total. The molecule has 1 atom stereocenters. The molecule has 0 bridgehead atoms. The molecule has 2 aromatic rings. The zero-order valence-corrected chi connectivity index (χ0v) is 13.9. The average Bonchev–Trinajstić information content (AvgIpc) is 2.88. The van der Waals surface area contributed by atoms with Gasteiger partial charge in [-0.2, -0.15) is 0 Å². The standard InChI is InChI=1S/C17H23NO2S/c1-5-19-14-7-8-16(20-6-2)15(11-14)18-13(4)17-12(3)9-10-21-17/h7-11,13,18H,5-6H2,1-4H3. The minimum absolute atomic E-state index is 0.237. The molecule has 0 saturated heterocycles. The largest absolute Gasteiger partial charge is 0.494 e. The van der Waals surface area contributed by atoms with E-state index in [0.29, 0.717) is 13.2 Å². The maximum absolute atomic E-state index is 5.70. The highest BCUT2D eigenvalue weighted by Crippen LogP contribution is 2.34. The number of thiophene rings is 1. The van der Waals surface area contributed by atoms with Crippen LogP contribution >= 0.6 is 11.3 Å². The van der Waals surface area contributed by atoms with Crippen molar-refractivity contribution in [1.29, 1.82) is 0 Å². The Morgan fingerprint density at radius 3 is 2.52 bits per heavy atom. The lowest BCUT2D eigenvalue weighted by atomic mass is 10.1. The molecule has 0 fully saturated rings. The first-order valence-electron chi connectivity index (χ1n) is 7.35. The van der Waals surface area contributed by atoms with Crippen LogP contribution in [0.1, 0.15) is 37.3 Å². The number of hydrogen-bond acceptors (Lipinski definition) is 4. The SMILES string of the molecule is CCOc1ccc(OCC)c(NC(C)c2sccc2C)c1. The number of ether oxygens (including phenoxy) is 2. The second-order valence-corrected chi connectivity index (χ2v) is 5.81. The van der Waals surface area contributed by atoms with Crippen molar-refractivity contribution in [2.45, 2.75) is 33.7 Å². The van der Waals surface area contributed by atoms with E-state index in [2.05, 4.69) is 30.6 Å². The van der Waals surface area contributed by atoms with Crippen LogP contribution in [0, 0.1) is 6.92 Å². The molecule has 2 rings (SSSR count). The fourth-order valence-electron chi connectivity index (χ4n) is 2.29. The number of rotatable bonds is 7. The quantitative estimate of drug-likeness (QED) is 0.778. The summed E-state index contributed by atoms with van der Waals surface area (Å²) in [6, 6.07) is 8.30. The predicted octanol–water partition coefficient (Wildman–Crippen LogP) is 5.03. The second-order valence-electron chi connectivity index (χ2n) is 4.86. The van der Waals surface area contributed by atoms with Crippen LogP contribution in [-0.2, 0) is 0 Å². The molecular weight excluding hydrogens is 282 g/mol. The van der Waals surface area contributed by atoms with Crippen LogP contribution in [0.25, 0.3) is 0 Å². The summed E-state index contributed by atoms with van der Waals surface area (Å²) in [6.45, 7) is 9.60. The third-order valence-corrected chi connectivity index (χ3v) is 4.43. The van der Waals surface area contributed by atoms with Crippen LogP contribution in [0.3, 0.4) is 0 Å². The fraction of sp³-hybridized carbons (Fsp3) is 0.412. The summed E-state index contributed by atoms with van der Waals surface area (Å²) in [4.78, 5) is 1.35. The summed E-state index contributed by atoms with van der Waals surface area (Å²) in [7, 11) is 0. The minimum Gasteiger partial charge on any atom is -0.494 e. The third kappa shape index (κ3) is 3.91.